The standard InChI is InChI=1S/C122H139BN4/c1-112(2,3)76-52-58-83(91(64-76)117(16,17)18)89-56-50-74(109-93(119(22,23)24)66-78(114(7,8)9)67-94(109)120(25,26)27)62-103(89)126-105-72-81(124-99-46-38-34-42-85(99)86-43-35-39-47-100(86)124)54-60-97(105)123-98-61-55-82(125-101-48-40-36-44-87(101)88-45-37-41-49-102(88)125)73-106(98)127(108-71-80(116(13,14)15)70-107(126)111(108)123)104-63-75(51-57-90(104)84-59-53-77(113(4,5)6)65-92(84)118(19,20)21)110-95(121(28,29)30)68-79(115(10,11)12)69-96(110)122(31,32)33/h34-73H,1-33H3. The second kappa shape index (κ2) is 29.9. The molecule has 15 aromatic rings. The molecule has 0 amide bonds. The molecule has 0 unspecified atom stereocenters. The summed E-state index contributed by atoms with van der Waals surface area (Å²) >= 11 is 0. The Labute approximate surface area is 762 Å². The summed E-state index contributed by atoms with van der Waals surface area (Å²) in [6, 6.07) is 97.5. The van der Waals surface area contributed by atoms with Crippen LogP contribution in [-0.2, 0) is 59.6 Å². The number of hydrogen-bond acceptors (Lipinski definition) is 2. The molecule has 2 aliphatic heterocycles. The zero-order chi connectivity index (χ0) is 91.6. The van der Waals surface area contributed by atoms with Gasteiger partial charge in [0.25, 0.3) is 6.71 Å². The molecule has 0 aliphatic carbocycles. The van der Waals surface area contributed by atoms with E-state index in [1.807, 2.05) is 0 Å². The van der Waals surface area contributed by atoms with Crippen molar-refractivity contribution in [2.45, 2.75) is 288 Å². The van der Waals surface area contributed by atoms with Crippen LogP contribution in [0.2, 0.25) is 0 Å². The van der Waals surface area contributed by atoms with E-state index in [0.717, 1.165) is 34.1 Å². The van der Waals surface area contributed by atoms with Crippen molar-refractivity contribution in [2.24, 2.45) is 0 Å². The molecule has 650 valence electrons. The Balaban J connectivity index is 1.10. The molecule has 4 nitrogen and oxygen atoms in total. The van der Waals surface area contributed by atoms with Gasteiger partial charge in [0.05, 0.1) is 33.4 Å². The summed E-state index contributed by atoms with van der Waals surface area (Å²) in [6.07, 6.45) is 0. The van der Waals surface area contributed by atoms with Crippen molar-refractivity contribution < 1.29 is 0 Å². The van der Waals surface area contributed by atoms with Gasteiger partial charge in [-0.1, -0.05) is 398 Å². The molecule has 0 bridgehead atoms. The first-order chi connectivity index (χ1) is 59.0. The van der Waals surface area contributed by atoms with Crippen LogP contribution in [0.3, 0.4) is 0 Å². The van der Waals surface area contributed by atoms with Crippen LogP contribution in [-0.4, -0.2) is 15.8 Å². The lowest BCUT2D eigenvalue weighted by molar-refractivity contribution is 0.550. The van der Waals surface area contributed by atoms with Gasteiger partial charge in [-0.05, 0) is 243 Å². The third-order valence-electron chi connectivity index (χ3n) is 27.8. The molecule has 0 N–H and O–H groups in total. The molecule has 0 fully saturated rings. The number of hydrogen-bond donors (Lipinski definition) is 0. The molecule has 4 heterocycles. The van der Waals surface area contributed by atoms with Crippen LogP contribution in [0, 0.1) is 0 Å². The number of benzene rings is 13. The van der Waals surface area contributed by atoms with Crippen molar-refractivity contribution in [3.05, 3.63) is 304 Å². The van der Waals surface area contributed by atoms with Crippen LogP contribution < -0.4 is 26.2 Å². The first-order valence-electron chi connectivity index (χ1n) is 47.0. The maximum atomic E-state index is 2.81. The van der Waals surface area contributed by atoms with E-state index >= 15 is 0 Å². The average molecular weight is 1670 g/mol. The van der Waals surface area contributed by atoms with Crippen molar-refractivity contribution in [3.63, 3.8) is 0 Å². The quantitative estimate of drug-likeness (QED) is 0.141. The Morgan fingerprint density at radius 1 is 0.197 bits per heavy atom. The maximum absolute atomic E-state index is 2.81. The summed E-state index contributed by atoms with van der Waals surface area (Å²) in [5.74, 6) is 0. The summed E-state index contributed by atoms with van der Waals surface area (Å²) < 4.78 is 5.10. The molecule has 0 saturated carbocycles. The zero-order valence-corrected chi connectivity index (χ0v) is 83.0. The van der Waals surface area contributed by atoms with Gasteiger partial charge in [-0.15, -0.1) is 0 Å². The Morgan fingerprint density at radius 2 is 0.457 bits per heavy atom. The van der Waals surface area contributed by atoms with E-state index in [9.17, 15) is 0 Å². The fourth-order valence-electron chi connectivity index (χ4n) is 20.7. The lowest BCUT2D eigenvalue weighted by Crippen LogP contribution is -2.61. The lowest BCUT2D eigenvalue weighted by atomic mass is 9.33. The van der Waals surface area contributed by atoms with Gasteiger partial charge < -0.3 is 18.9 Å². The van der Waals surface area contributed by atoms with Crippen molar-refractivity contribution >= 4 is 101 Å². The molecule has 17 rings (SSSR count). The molecule has 2 aromatic heterocycles. The van der Waals surface area contributed by atoms with Gasteiger partial charge in [-0.3, -0.25) is 0 Å². The van der Waals surface area contributed by atoms with Crippen molar-refractivity contribution in [2.75, 3.05) is 9.80 Å². The number of rotatable bonds is 8. The summed E-state index contributed by atoms with van der Waals surface area (Å²) in [5, 5.41) is 4.93. The summed E-state index contributed by atoms with van der Waals surface area (Å²) in [7, 11) is 0. The van der Waals surface area contributed by atoms with Crippen LogP contribution in [0.5, 0.6) is 0 Å². The van der Waals surface area contributed by atoms with Gasteiger partial charge >= 0.3 is 0 Å². The Kier molecular flexibility index (Phi) is 20.7. The highest BCUT2D eigenvalue weighted by molar-refractivity contribution is 7.00. The molecular formula is C122H139BN4. The molecule has 0 radical (unpaired) electrons. The Bertz CT molecular complexity index is 6370. The van der Waals surface area contributed by atoms with Crippen molar-refractivity contribution in [1.29, 1.82) is 0 Å². The van der Waals surface area contributed by atoms with Crippen LogP contribution in [0.25, 0.3) is 99.5 Å². The lowest BCUT2D eigenvalue weighted by Gasteiger charge is -2.46. The van der Waals surface area contributed by atoms with E-state index in [4.69, 9.17) is 0 Å². The minimum absolute atomic E-state index is 0.106. The molecule has 127 heavy (non-hydrogen) atoms. The second-order valence-corrected chi connectivity index (χ2v) is 48.9. The maximum Gasteiger partial charge on any atom is 0.252 e. The van der Waals surface area contributed by atoms with Crippen molar-refractivity contribution in [1.82, 2.24) is 9.13 Å². The molecule has 0 spiro atoms. The predicted molar refractivity (Wildman–Crippen MR) is 557 cm³/mol. The summed E-state index contributed by atoms with van der Waals surface area (Å²) in [6.45, 7) is 79.4. The smallest absolute Gasteiger partial charge is 0.252 e. The van der Waals surface area contributed by atoms with Gasteiger partial charge in [-0.2, -0.15) is 0 Å². The van der Waals surface area contributed by atoms with Gasteiger partial charge in [0.15, 0.2) is 0 Å². The van der Waals surface area contributed by atoms with Crippen molar-refractivity contribution in [3.8, 4) is 55.9 Å². The zero-order valence-electron chi connectivity index (χ0n) is 83.0. The van der Waals surface area contributed by atoms with Gasteiger partial charge in [-0.25, -0.2) is 0 Å². The fourth-order valence-corrected chi connectivity index (χ4v) is 20.7. The van der Waals surface area contributed by atoms with Crippen LogP contribution in [0.4, 0.5) is 34.1 Å². The van der Waals surface area contributed by atoms with E-state index in [-0.39, 0.29) is 66.3 Å². The second-order valence-electron chi connectivity index (χ2n) is 48.9. The molecule has 0 atom stereocenters. The van der Waals surface area contributed by atoms with E-state index in [1.54, 1.807) is 0 Å². The van der Waals surface area contributed by atoms with E-state index in [0.29, 0.717) is 0 Å². The SMILES string of the molecule is CC(C)(C)c1cc2c3c(c1)N(c1cc(-c4c(C(C)(C)C)cc(C(C)(C)C)cc4C(C)(C)C)ccc1-c1ccc(C(C)(C)C)cc1C(C)(C)C)c1cc(-n4c5ccccc5c5ccccc54)ccc1B3c1ccc(-n3c4ccccc4c4ccccc43)cc1N2c1cc(-c2c(C(C)(C)C)cc(C(C)(C)C)cc2C(C)(C)C)ccc1-c1ccc(C(C)(C)C)cc1C(C)(C)C. The Hall–Kier alpha value is -10.9. The third-order valence-corrected chi connectivity index (χ3v) is 27.8. The van der Waals surface area contributed by atoms with Crippen LogP contribution in [0.15, 0.2) is 243 Å². The van der Waals surface area contributed by atoms with E-state index in [1.165, 1.54) is 177 Å². The van der Waals surface area contributed by atoms with Gasteiger partial charge in [0.1, 0.15) is 0 Å². The van der Waals surface area contributed by atoms with E-state index in [2.05, 4.69) is 490 Å². The number of aromatic nitrogens is 2. The van der Waals surface area contributed by atoms with E-state index < -0.39 is 0 Å². The fraction of sp³-hybridized carbons (Fsp3) is 0.361. The number of nitrogens with zero attached hydrogens (tertiary/aromatic N) is 4. The molecule has 5 heteroatoms. The van der Waals surface area contributed by atoms with Crippen LogP contribution >= 0.6 is 0 Å². The molecule has 0 saturated heterocycles. The minimum Gasteiger partial charge on any atom is -0.311 e. The first kappa shape index (κ1) is 88.2. The normalized spacial score (nSPS) is 14.0. The largest absolute Gasteiger partial charge is 0.311 e. The molecular weight excluding hydrogens is 1530 g/mol. The number of fused-ring (bicyclic) bond motifs is 10. The summed E-state index contributed by atoms with van der Waals surface area (Å²) in [5.41, 5.74) is 39.8. The monoisotopic (exact) mass is 1670 g/mol. The van der Waals surface area contributed by atoms with Crippen LogP contribution in [0.1, 0.15) is 290 Å². The third kappa shape index (κ3) is 15.4. The number of para-hydroxylation sites is 4. The van der Waals surface area contributed by atoms with Gasteiger partial charge in [0, 0.05) is 66.8 Å². The number of anilines is 6. The van der Waals surface area contributed by atoms with Gasteiger partial charge in [0.2, 0.25) is 0 Å². The average Bonchev–Trinajstić information content (AvgIpc) is 0.893. The predicted octanol–water partition coefficient (Wildman–Crippen LogP) is 32.9. The highest BCUT2D eigenvalue weighted by Crippen LogP contribution is 2.57. The highest BCUT2D eigenvalue weighted by Gasteiger charge is 2.47. The highest BCUT2D eigenvalue weighted by atomic mass is 15.2. The topological polar surface area (TPSA) is 16.3 Å². The Morgan fingerprint density at radius 3 is 0.732 bits per heavy atom. The molecule has 13 aromatic carbocycles. The minimum atomic E-state index is -0.385. The first-order valence-corrected chi connectivity index (χ1v) is 47.0. The molecule has 2 aliphatic rings. The summed E-state index contributed by atoms with van der Waals surface area (Å²) in [4.78, 5) is 5.63.